The van der Waals surface area contributed by atoms with Crippen molar-refractivity contribution >= 4 is 17.3 Å². The van der Waals surface area contributed by atoms with Gasteiger partial charge in [-0.15, -0.1) is 0 Å². The first-order valence-corrected chi connectivity index (χ1v) is 7.56. The highest BCUT2D eigenvalue weighted by Crippen LogP contribution is 2.39. The summed E-state index contributed by atoms with van der Waals surface area (Å²) in [4.78, 5) is 16.4. The van der Waals surface area contributed by atoms with Gasteiger partial charge in [0, 0.05) is 19.3 Å². The Hall–Kier alpha value is -1.75. The summed E-state index contributed by atoms with van der Waals surface area (Å²) in [6, 6.07) is 6.62. The fraction of sp³-hybridized carbons (Fsp3) is 0.562. The van der Waals surface area contributed by atoms with Gasteiger partial charge in [0.1, 0.15) is 5.75 Å². The lowest BCUT2D eigenvalue weighted by Crippen LogP contribution is -2.37. The maximum atomic E-state index is 12.3. The van der Waals surface area contributed by atoms with Gasteiger partial charge in [-0.05, 0) is 24.6 Å². The van der Waals surface area contributed by atoms with Crippen LogP contribution in [0.1, 0.15) is 13.3 Å². The van der Waals surface area contributed by atoms with Crippen LogP contribution in [0.3, 0.4) is 0 Å². The zero-order valence-corrected chi connectivity index (χ0v) is 12.4. The van der Waals surface area contributed by atoms with Gasteiger partial charge >= 0.3 is 0 Å². The second-order valence-electron chi connectivity index (χ2n) is 6.26. The summed E-state index contributed by atoms with van der Waals surface area (Å²) >= 11 is 0. The Morgan fingerprint density at radius 3 is 2.86 bits per heavy atom. The third-order valence-corrected chi connectivity index (χ3v) is 4.78. The molecule has 3 heterocycles. The molecule has 0 unspecified atom stereocenters. The average Bonchev–Trinajstić information content (AvgIpc) is 3.11. The van der Waals surface area contributed by atoms with Crippen molar-refractivity contribution in [3.05, 3.63) is 18.2 Å². The number of morpholine rings is 1. The minimum atomic E-state index is -0.109. The van der Waals surface area contributed by atoms with E-state index in [4.69, 9.17) is 9.47 Å². The number of anilines is 2. The van der Waals surface area contributed by atoms with E-state index in [2.05, 4.69) is 17.0 Å². The fourth-order valence-electron chi connectivity index (χ4n) is 3.52. The number of rotatable bonds is 1. The molecule has 3 aliphatic heterocycles. The Bertz CT molecular complexity index is 589. The van der Waals surface area contributed by atoms with E-state index in [0.29, 0.717) is 18.8 Å². The van der Waals surface area contributed by atoms with Crippen molar-refractivity contribution < 1.29 is 14.3 Å². The summed E-state index contributed by atoms with van der Waals surface area (Å²) < 4.78 is 11.4. The molecule has 1 amide bonds. The van der Waals surface area contributed by atoms with Crippen LogP contribution < -0.4 is 14.5 Å². The van der Waals surface area contributed by atoms with Crippen LogP contribution in [0.2, 0.25) is 0 Å². The smallest absolute Gasteiger partial charge is 0.233 e. The number of fused-ring (bicyclic) bond motifs is 3. The van der Waals surface area contributed by atoms with Crippen LogP contribution in [0.5, 0.6) is 5.75 Å². The molecule has 3 atom stereocenters. The van der Waals surface area contributed by atoms with Crippen molar-refractivity contribution in [3.63, 3.8) is 0 Å². The molecule has 0 spiro atoms. The van der Waals surface area contributed by atoms with Crippen LogP contribution in [0.25, 0.3) is 0 Å². The topological polar surface area (TPSA) is 42.0 Å². The van der Waals surface area contributed by atoms with E-state index in [9.17, 15) is 4.79 Å². The SMILES string of the molecule is C[C@H]1COc2ccc(N3C[C@@H]4C[C@H]3CO4)cc2N(C)C1=O. The maximum absolute atomic E-state index is 12.3. The van der Waals surface area contributed by atoms with Gasteiger partial charge in [-0.3, -0.25) is 4.79 Å². The van der Waals surface area contributed by atoms with E-state index >= 15 is 0 Å². The van der Waals surface area contributed by atoms with E-state index in [-0.39, 0.29) is 11.8 Å². The summed E-state index contributed by atoms with van der Waals surface area (Å²) in [5.74, 6) is 0.791. The Morgan fingerprint density at radius 1 is 1.29 bits per heavy atom. The van der Waals surface area contributed by atoms with Crippen LogP contribution in [0, 0.1) is 5.92 Å². The lowest BCUT2D eigenvalue weighted by atomic mass is 10.1. The lowest BCUT2D eigenvalue weighted by Gasteiger charge is -2.30. The van der Waals surface area contributed by atoms with Crippen molar-refractivity contribution in [1.29, 1.82) is 0 Å². The molecule has 0 aromatic heterocycles. The quantitative estimate of drug-likeness (QED) is 0.788. The number of hydrogen-bond acceptors (Lipinski definition) is 4. The predicted molar refractivity (Wildman–Crippen MR) is 80.0 cm³/mol. The zero-order valence-electron chi connectivity index (χ0n) is 12.4. The molecule has 5 heteroatoms. The second kappa shape index (κ2) is 4.63. The van der Waals surface area contributed by atoms with Crippen molar-refractivity contribution in [2.24, 2.45) is 5.92 Å². The van der Waals surface area contributed by atoms with E-state index in [0.717, 1.165) is 36.7 Å². The monoisotopic (exact) mass is 288 g/mol. The van der Waals surface area contributed by atoms with Crippen LogP contribution >= 0.6 is 0 Å². The Kier molecular flexibility index (Phi) is 2.85. The molecule has 1 aromatic rings. The lowest BCUT2D eigenvalue weighted by molar-refractivity contribution is -0.122. The molecular weight excluding hydrogens is 268 g/mol. The number of carbonyl (C=O) groups excluding carboxylic acids is 1. The van der Waals surface area contributed by atoms with Crippen molar-refractivity contribution in [2.75, 3.05) is 36.6 Å². The second-order valence-corrected chi connectivity index (χ2v) is 6.26. The number of benzene rings is 1. The summed E-state index contributed by atoms with van der Waals surface area (Å²) in [7, 11) is 1.83. The standard InChI is InChI=1S/C16H20N2O3/c1-10-8-21-15-4-3-11(6-14(15)17(2)16(10)19)18-7-13-5-12(18)9-20-13/h3-4,6,10,12-13H,5,7-9H2,1-2H3/t10-,12-,13-/m0/s1. The normalized spacial score (nSPS) is 31.1. The maximum Gasteiger partial charge on any atom is 0.233 e. The molecule has 2 bridgehead atoms. The molecular formula is C16H20N2O3. The Labute approximate surface area is 124 Å². The molecule has 4 rings (SSSR count). The molecule has 0 radical (unpaired) electrons. The molecule has 1 aromatic carbocycles. The summed E-state index contributed by atoms with van der Waals surface area (Å²) in [6.45, 7) is 4.10. The first kappa shape index (κ1) is 13.0. The van der Waals surface area contributed by atoms with Gasteiger partial charge in [0.2, 0.25) is 5.91 Å². The number of hydrogen-bond donors (Lipinski definition) is 0. The number of nitrogens with zero attached hydrogens (tertiary/aromatic N) is 2. The zero-order chi connectivity index (χ0) is 14.6. The number of amides is 1. The van der Waals surface area contributed by atoms with E-state index in [1.54, 1.807) is 4.90 Å². The summed E-state index contributed by atoms with van der Waals surface area (Å²) in [5.41, 5.74) is 2.02. The number of carbonyl (C=O) groups is 1. The van der Waals surface area contributed by atoms with Gasteiger partial charge in [-0.25, -0.2) is 0 Å². The third-order valence-electron chi connectivity index (χ3n) is 4.78. The van der Waals surface area contributed by atoms with Gasteiger partial charge in [0.25, 0.3) is 0 Å². The van der Waals surface area contributed by atoms with E-state index in [1.165, 1.54) is 0 Å². The molecule has 0 N–H and O–H groups in total. The summed E-state index contributed by atoms with van der Waals surface area (Å²) in [5, 5.41) is 0. The molecule has 5 nitrogen and oxygen atoms in total. The molecule has 2 fully saturated rings. The highest BCUT2D eigenvalue weighted by molar-refractivity contribution is 5.97. The van der Waals surface area contributed by atoms with Crippen LogP contribution in [0.4, 0.5) is 11.4 Å². The highest BCUT2D eigenvalue weighted by atomic mass is 16.5. The largest absolute Gasteiger partial charge is 0.491 e. The predicted octanol–water partition coefficient (Wildman–Crippen LogP) is 1.66. The molecule has 112 valence electrons. The Morgan fingerprint density at radius 2 is 2.14 bits per heavy atom. The van der Waals surface area contributed by atoms with Crippen molar-refractivity contribution in [2.45, 2.75) is 25.5 Å². The molecule has 2 saturated heterocycles. The van der Waals surface area contributed by atoms with Gasteiger partial charge in [-0.2, -0.15) is 0 Å². The van der Waals surface area contributed by atoms with E-state index in [1.807, 2.05) is 20.0 Å². The Balaban J connectivity index is 1.69. The molecule has 0 saturated carbocycles. The van der Waals surface area contributed by atoms with Crippen molar-refractivity contribution in [3.8, 4) is 5.75 Å². The molecule has 3 aliphatic rings. The third kappa shape index (κ3) is 1.99. The van der Waals surface area contributed by atoms with Crippen LogP contribution in [0.15, 0.2) is 18.2 Å². The van der Waals surface area contributed by atoms with Crippen LogP contribution in [-0.2, 0) is 9.53 Å². The first-order chi connectivity index (χ1) is 10.1. The summed E-state index contributed by atoms with van der Waals surface area (Å²) in [6.07, 6.45) is 1.48. The minimum absolute atomic E-state index is 0.108. The average molecular weight is 288 g/mol. The molecule has 0 aliphatic carbocycles. The fourth-order valence-corrected chi connectivity index (χ4v) is 3.52. The van der Waals surface area contributed by atoms with Gasteiger partial charge in [0.15, 0.2) is 0 Å². The highest BCUT2D eigenvalue weighted by Gasteiger charge is 2.39. The van der Waals surface area contributed by atoms with Gasteiger partial charge in [-0.1, -0.05) is 6.92 Å². The van der Waals surface area contributed by atoms with Crippen molar-refractivity contribution in [1.82, 2.24) is 0 Å². The number of ether oxygens (including phenoxy) is 2. The molecule has 21 heavy (non-hydrogen) atoms. The van der Waals surface area contributed by atoms with E-state index < -0.39 is 0 Å². The van der Waals surface area contributed by atoms with Gasteiger partial charge < -0.3 is 19.3 Å². The van der Waals surface area contributed by atoms with Gasteiger partial charge in [0.05, 0.1) is 37.0 Å². The first-order valence-electron chi connectivity index (χ1n) is 7.56. The minimum Gasteiger partial charge on any atom is -0.491 e. The van der Waals surface area contributed by atoms with Crippen LogP contribution in [-0.4, -0.2) is 44.9 Å².